The zero-order valence-corrected chi connectivity index (χ0v) is 26.6. The first-order valence-corrected chi connectivity index (χ1v) is 24.6. The van der Waals surface area contributed by atoms with Crippen molar-refractivity contribution in [3.05, 3.63) is 0 Å². The Balaban J connectivity index is 1.18. The average Bonchev–Trinajstić information content (AvgIpc) is 3.48. The minimum atomic E-state index is 0.937. The first-order valence-electron chi connectivity index (χ1n) is 9.78. The molecule has 0 nitrogen and oxygen atoms in total. The van der Waals surface area contributed by atoms with E-state index in [1.807, 2.05) is 0 Å². The normalized spacial score (nSPS) is 32.9. The molecule has 0 bridgehead atoms. The Labute approximate surface area is 213 Å². The van der Waals surface area contributed by atoms with Gasteiger partial charge in [-0.2, -0.15) is 0 Å². The molecule has 0 N–H and O–H groups in total. The van der Waals surface area contributed by atoms with Gasteiger partial charge in [0.1, 0.15) is 0 Å². The van der Waals surface area contributed by atoms with Crippen molar-refractivity contribution >= 4 is 119 Å². The van der Waals surface area contributed by atoms with Crippen molar-refractivity contribution in [1.29, 1.82) is 0 Å². The van der Waals surface area contributed by atoms with E-state index in [2.05, 4.69) is 58.8 Å². The van der Waals surface area contributed by atoms with E-state index in [4.69, 9.17) is 0 Å². The van der Waals surface area contributed by atoms with Crippen LogP contribution in [0.15, 0.2) is 0 Å². The Morgan fingerprint density at radius 3 is 1.04 bits per heavy atom. The second-order valence-corrected chi connectivity index (χ2v) is 23.3. The summed E-state index contributed by atoms with van der Waals surface area (Å²) < 4.78 is 0. The zero-order chi connectivity index (χ0) is 18.3. The Bertz CT molecular complexity index is 356. The summed E-state index contributed by atoms with van der Waals surface area (Å²) in [7, 11) is 0. The summed E-state index contributed by atoms with van der Waals surface area (Å²) in [5, 5.41) is 19.1. The number of hydrogen-bond acceptors (Lipinski definition) is 5. The van der Waals surface area contributed by atoms with Crippen LogP contribution in [0, 0.1) is 0 Å². The van der Waals surface area contributed by atoms with Gasteiger partial charge in [0.25, 0.3) is 0 Å². The summed E-state index contributed by atoms with van der Waals surface area (Å²) in [6.45, 7) is 0. The monoisotopic (exact) mass is 726 g/mol. The molecule has 0 spiro atoms. The fourth-order valence-corrected chi connectivity index (χ4v) is 23.6. The van der Waals surface area contributed by atoms with Gasteiger partial charge >= 0.3 is 216 Å². The molecule has 0 aromatic heterocycles. The Morgan fingerprint density at radius 1 is 0.556 bits per heavy atom. The second kappa shape index (κ2) is 13.5. The summed E-state index contributed by atoms with van der Waals surface area (Å²) in [5.41, 5.74) is 0. The minimum absolute atomic E-state index is 0.937. The third-order valence-corrected chi connectivity index (χ3v) is 24.3. The van der Waals surface area contributed by atoms with E-state index < -0.39 is 0 Å². The van der Waals surface area contributed by atoms with Gasteiger partial charge in [-0.1, -0.05) is 0 Å². The molecule has 9 heteroatoms. The summed E-state index contributed by atoms with van der Waals surface area (Å²) in [4.78, 5) is 0. The van der Waals surface area contributed by atoms with Crippen LogP contribution in [-0.2, 0) is 0 Å². The van der Waals surface area contributed by atoms with Gasteiger partial charge in [0.15, 0.2) is 0 Å². The molecule has 4 unspecified atom stereocenters. The third kappa shape index (κ3) is 12.0. The van der Waals surface area contributed by atoms with E-state index >= 15 is 0 Å². The molecule has 4 atom stereocenters. The van der Waals surface area contributed by atoms with E-state index in [9.17, 15) is 0 Å². The van der Waals surface area contributed by atoms with Gasteiger partial charge in [-0.15, -0.1) is 0 Å². The van der Waals surface area contributed by atoms with E-state index in [-0.39, 0.29) is 0 Å². The molecule has 156 valence electrons. The first kappa shape index (κ1) is 24.0. The van der Waals surface area contributed by atoms with Crippen molar-refractivity contribution < 1.29 is 0 Å². The quantitative estimate of drug-likeness (QED) is 0.143. The maximum atomic E-state index is 2.51. The van der Waals surface area contributed by atoms with Crippen LogP contribution in [0.25, 0.3) is 0 Å². The van der Waals surface area contributed by atoms with Crippen molar-refractivity contribution in [2.75, 3.05) is 23.0 Å². The van der Waals surface area contributed by atoms with E-state index in [0.717, 1.165) is 91.3 Å². The molecule has 4 fully saturated rings. The fourth-order valence-electron chi connectivity index (χ4n) is 2.51. The van der Waals surface area contributed by atoms with Crippen LogP contribution in [0.2, 0.25) is 42.6 Å². The predicted molar refractivity (Wildman–Crippen MR) is 142 cm³/mol. The van der Waals surface area contributed by atoms with Gasteiger partial charge in [-0.25, -0.2) is 0 Å². The van der Waals surface area contributed by atoms with Gasteiger partial charge in [0.2, 0.25) is 0 Å². The molecule has 4 heterocycles. The van der Waals surface area contributed by atoms with Crippen LogP contribution in [-0.4, -0.2) is 114 Å². The topological polar surface area (TPSA) is 0 Å². The van der Waals surface area contributed by atoms with E-state index in [1.54, 1.807) is 42.6 Å². The van der Waals surface area contributed by atoms with Crippen molar-refractivity contribution in [2.24, 2.45) is 0 Å². The molecule has 0 amide bonds. The average molecular weight is 723 g/mol. The molecule has 4 aliphatic rings. The fraction of sp³-hybridized carbons (Fsp3) is 1.00. The third-order valence-electron chi connectivity index (χ3n) is 4.42. The van der Waals surface area contributed by atoms with Gasteiger partial charge in [-0.05, 0) is 0 Å². The van der Waals surface area contributed by atoms with Crippen LogP contribution in [0.4, 0.5) is 0 Å². The predicted octanol–water partition coefficient (Wildman–Crippen LogP) is 5.08. The Kier molecular flexibility index (Phi) is 12.0. The molecule has 0 aromatic carbocycles. The molecule has 27 heavy (non-hydrogen) atoms. The van der Waals surface area contributed by atoms with Gasteiger partial charge in [-0.3, -0.25) is 0 Å². The van der Waals surface area contributed by atoms with Crippen LogP contribution < -0.4 is 0 Å². The summed E-state index contributed by atoms with van der Waals surface area (Å²) in [6, 6.07) is 0. The molecule has 0 saturated carbocycles. The summed E-state index contributed by atoms with van der Waals surface area (Å²) in [5.74, 6) is 5.92. The molecular formula is C18H30S5Se4. The standard InChI is InChI=1S/C18H30S5Se4/c1-13(19-1)5-24-9-17(10-25-6-14-2-20-14)23-18(11-26-7-15-3-21-15)12-27-8-16-4-22-16/h13-18H,1-12H2. The number of rotatable bonds is 18. The van der Waals surface area contributed by atoms with E-state index in [1.165, 1.54) is 23.0 Å². The van der Waals surface area contributed by atoms with Crippen molar-refractivity contribution in [3.8, 4) is 0 Å². The van der Waals surface area contributed by atoms with Crippen LogP contribution in [0.3, 0.4) is 0 Å². The summed E-state index contributed by atoms with van der Waals surface area (Å²) in [6.07, 6.45) is 0. The molecule has 4 rings (SSSR count). The molecule has 0 radical (unpaired) electrons. The molecule has 4 saturated heterocycles. The Morgan fingerprint density at radius 2 is 0.815 bits per heavy atom. The van der Waals surface area contributed by atoms with Gasteiger partial charge < -0.3 is 0 Å². The molecular weight excluding hydrogens is 692 g/mol. The van der Waals surface area contributed by atoms with Crippen molar-refractivity contribution in [2.45, 2.75) is 74.1 Å². The Hall–Kier alpha value is 3.83. The van der Waals surface area contributed by atoms with Gasteiger partial charge in [0, 0.05) is 0 Å². The van der Waals surface area contributed by atoms with E-state index in [0.29, 0.717) is 0 Å². The SMILES string of the molecule is C1SC1C[Se]CC(C[Se]CC1CS1)SC(C[Se]CC1CS1)C[Se]CC1CS1. The zero-order valence-electron chi connectivity index (χ0n) is 15.6. The molecule has 0 aliphatic carbocycles. The van der Waals surface area contributed by atoms with Crippen molar-refractivity contribution in [1.82, 2.24) is 0 Å². The van der Waals surface area contributed by atoms with Crippen LogP contribution >= 0.6 is 58.8 Å². The number of thioether (sulfide) groups is 5. The second-order valence-electron chi connectivity index (χ2n) is 7.35. The maximum absolute atomic E-state index is 2.51. The summed E-state index contributed by atoms with van der Waals surface area (Å²) >= 11 is 15.1. The molecule has 0 aromatic rings. The first-order chi connectivity index (χ1) is 13.3. The van der Waals surface area contributed by atoms with Crippen LogP contribution in [0.1, 0.15) is 0 Å². The van der Waals surface area contributed by atoms with Crippen LogP contribution in [0.5, 0.6) is 0 Å². The molecule has 4 aliphatic heterocycles. The number of hydrogen-bond donors (Lipinski definition) is 0. The van der Waals surface area contributed by atoms with Crippen molar-refractivity contribution in [3.63, 3.8) is 0 Å². The van der Waals surface area contributed by atoms with Gasteiger partial charge in [0.05, 0.1) is 0 Å².